The lowest BCUT2D eigenvalue weighted by atomic mass is 10.1. The average molecular weight is 410 g/mol. The molecule has 1 fully saturated rings. The highest BCUT2D eigenvalue weighted by Gasteiger charge is 2.27. The van der Waals surface area contributed by atoms with Gasteiger partial charge in [-0.05, 0) is 37.5 Å². The van der Waals surface area contributed by atoms with E-state index in [0.29, 0.717) is 44.1 Å². The summed E-state index contributed by atoms with van der Waals surface area (Å²) in [6.07, 6.45) is 1.44. The predicted octanol–water partition coefficient (Wildman–Crippen LogP) is 0.522. The van der Waals surface area contributed by atoms with E-state index in [1.165, 1.54) is 4.31 Å². The second-order valence-corrected chi connectivity index (χ2v) is 8.99. The average Bonchev–Trinajstić information content (AvgIpc) is 2.99. The third-order valence-electron chi connectivity index (χ3n) is 4.45. The zero-order valence-electron chi connectivity index (χ0n) is 16.9. The molecule has 9 heteroatoms. The van der Waals surface area contributed by atoms with Crippen LogP contribution in [0.2, 0.25) is 0 Å². The van der Waals surface area contributed by atoms with E-state index >= 15 is 0 Å². The summed E-state index contributed by atoms with van der Waals surface area (Å²) in [7, 11) is 0.403. The van der Waals surface area contributed by atoms with E-state index in [9.17, 15) is 13.2 Å². The SMILES string of the molecule is CCNC(=NCCN1CCCS1(=O)=O)NCCc1cccc(C(=O)N(C)C)c1. The summed E-state index contributed by atoms with van der Waals surface area (Å²) >= 11 is 0. The second kappa shape index (κ2) is 10.4. The quantitative estimate of drug-likeness (QED) is 0.482. The van der Waals surface area contributed by atoms with Gasteiger partial charge in [-0.15, -0.1) is 0 Å². The Morgan fingerprint density at radius 1 is 1.29 bits per heavy atom. The van der Waals surface area contributed by atoms with Crippen LogP contribution in [0.25, 0.3) is 0 Å². The van der Waals surface area contributed by atoms with Crippen LogP contribution in [-0.2, 0) is 16.4 Å². The molecule has 0 bridgehead atoms. The van der Waals surface area contributed by atoms with Crippen LogP contribution in [0.3, 0.4) is 0 Å². The maximum Gasteiger partial charge on any atom is 0.253 e. The highest BCUT2D eigenvalue weighted by molar-refractivity contribution is 7.89. The standard InChI is InChI=1S/C19H31N5O3S/c1-4-20-19(22-11-13-24-12-6-14-28(24,26)27)21-10-9-16-7-5-8-17(15-16)18(25)23(2)3/h5,7-8,15H,4,6,9-14H2,1-3H3,(H2,20,21,22). The maximum atomic E-state index is 12.1. The summed E-state index contributed by atoms with van der Waals surface area (Å²) in [5.41, 5.74) is 1.74. The van der Waals surface area contributed by atoms with Gasteiger partial charge in [0.05, 0.1) is 12.3 Å². The number of hydrogen-bond donors (Lipinski definition) is 2. The number of nitrogens with zero attached hydrogens (tertiary/aromatic N) is 3. The van der Waals surface area contributed by atoms with Crippen molar-refractivity contribution >= 4 is 21.9 Å². The minimum absolute atomic E-state index is 0.0124. The summed E-state index contributed by atoms with van der Waals surface area (Å²) in [6, 6.07) is 7.61. The molecule has 1 amide bonds. The number of benzene rings is 1. The number of guanidine groups is 1. The fourth-order valence-electron chi connectivity index (χ4n) is 3.00. The third-order valence-corrected chi connectivity index (χ3v) is 6.41. The summed E-state index contributed by atoms with van der Waals surface area (Å²) in [4.78, 5) is 18.1. The van der Waals surface area contributed by atoms with E-state index in [-0.39, 0.29) is 11.7 Å². The fourth-order valence-corrected chi connectivity index (χ4v) is 4.52. The molecule has 1 heterocycles. The molecule has 8 nitrogen and oxygen atoms in total. The zero-order chi connectivity index (χ0) is 20.6. The number of aliphatic imine (C=N–C) groups is 1. The van der Waals surface area contributed by atoms with Gasteiger partial charge in [-0.3, -0.25) is 9.79 Å². The third kappa shape index (κ3) is 6.49. The first-order chi connectivity index (χ1) is 13.3. The van der Waals surface area contributed by atoms with Crippen molar-refractivity contribution in [1.82, 2.24) is 19.8 Å². The van der Waals surface area contributed by atoms with Crippen molar-refractivity contribution in [1.29, 1.82) is 0 Å². The topological polar surface area (TPSA) is 94.1 Å². The van der Waals surface area contributed by atoms with E-state index in [0.717, 1.165) is 18.5 Å². The Bertz CT molecular complexity index is 793. The van der Waals surface area contributed by atoms with Crippen LogP contribution in [0.4, 0.5) is 0 Å². The lowest BCUT2D eigenvalue weighted by Crippen LogP contribution is -2.39. The van der Waals surface area contributed by atoms with Gasteiger partial charge in [0, 0.05) is 45.8 Å². The molecule has 0 saturated carbocycles. The van der Waals surface area contributed by atoms with Crippen molar-refractivity contribution in [3.63, 3.8) is 0 Å². The molecule has 0 unspecified atom stereocenters. The van der Waals surface area contributed by atoms with Crippen molar-refractivity contribution in [2.75, 3.05) is 52.6 Å². The Hall–Kier alpha value is -2.13. The van der Waals surface area contributed by atoms with E-state index in [1.807, 2.05) is 31.2 Å². The number of rotatable bonds is 8. The Labute approximate surface area is 168 Å². The van der Waals surface area contributed by atoms with Crippen LogP contribution in [0.15, 0.2) is 29.3 Å². The monoisotopic (exact) mass is 409 g/mol. The molecule has 156 valence electrons. The van der Waals surface area contributed by atoms with Gasteiger partial charge in [0.2, 0.25) is 10.0 Å². The molecule has 1 aliphatic heterocycles. The largest absolute Gasteiger partial charge is 0.357 e. The Morgan fingerprint density at radius 3 is 2.71 bits per heavy atom. The van der Waals surface area contributed by atoms with Gasteiger partial charge in [0.1, 0.15) is 0 Å². The Morgan fingerprint density at radius 2 is 2.07 bits per heavy atom. The van der Waals surface area contributed by atoms with Gasteiger partial charge in [-0.25, -0.2) is 12.7 Å². The molecular weight excluding hydrogens is 378 g/mol. The lowest BCUT2D eigenvalue weighted by molar-refractivity contribution is 0.0827. The smallest absolute Gasteiger partial charge is 0.253 e. The summed E-state index contributed by atoms with van der Waals surface area (Å²) < 4.78 is 25.2. The molecule has 28 heavy (non-hydrogen) atoms. The second-order valence-electron chi connectivity index (χ2n) is 6.91. The molecule has 0 aliphatic carbocycles. The normalized spacial score (nSPS) is 16.8. The van der Waals surface area contributed by atoms with Crippen LogP contribution < -0.4 is 10.6 Å². The minimum atomic E-state index is -3.08. The maximum absolute atomic E-state index is 12.1. The van der Waals surface area contributed by atoms with Crippen molar-refractivity contribution in [2.24, 2.45) is 4.99 Å². The first-order valence-electron chi connectivity index (χ1n) is 9.64. The number of amides is 1. The fraction of sp³-hybridized carbons (Fsp3) is 0.579. The van der Waals surface area contributed by atoms with Gasteiger partial charge in [0.25, 0.3) is 5.91 Å². The first kappa shape index (κ1) is 22.2. The van der Waals surface area contributed by atoms with Crippen molar-refractivity contribution in [2.45, 2.75) is 19.8 Å². The molecule has 2 N–H and O–H groups in total. The van der Waals surface area contributed by atoms with E-state index in [4.69, 9.17) is 0 Å². The summed E-state index contributed by atoms with van der Waals surface area (Å²) in [6.45, 7) is 4.78. The van der Waals surface area contributed by atoms with Crippen LogP contribution in [-0.4, -0.2) is 82.1 Å². The molecule has 1 saturated heterocycles. The van der Waals surface area contributed by atoms with Crippen molar-refractivity contribution in [3.8, 4) is 0 Å². The summed E-state index contributed by atoms with van der Waals surface area (Å²) in [5.74, 6) is 0.894. The van der Waals surface area contributed by atoms with Gasteiger partial charge in [0.15, 0.2) is 5.96 Å². The predicted molar refractivity (Wildman–Crippen MR) is 112 cm³/mol. The number of sulfonamides is 1. The number of carbonyl (C=O) groups is 1. The van der Waals surface area contributed by atoms with Crippen LogP contribution in [0.5, 0.6) is 0 Å². The minimum Gasteiger partial charge on any atom is -0.357 e. The van der Waals surface area contributed by atoms with Gasteiger partial charge in [-0.1, -0.05) is 12.1 Å². The van der Waals surface area contributed by atoms with Crippen LogP contribution in [0.1, 0.15) is 29.3 Å². The Kier molecular flexibility index (Phi) is 8.25. The molecule has 2 rings (SSSR count). The number of nitrogens with one attached hydrogen (secondary N) is 2. The molecule has 0 atom stereocenters. The van der Waals surface area contributed by atoms with Gasteiger partial charge < -0.3 is 15.5 Å². The Balaban J connectivity index is 1.86. The van der Waals surface area contributed by atoms with Crippen LogP contribution in [0, 0.1) is 0 Å². The molecule has 0 radical (unpaired) electrons. The number of hydrogen-bond acceptors (Lipinski definition) is 4. The molecular formula is C19H31N5O3S. The van der Waals surface area contributed by atoms with Gasteiger partial charge >= 0.3 is 0 Å². The van der Waals surface area contributed by atoms with Crippen LogP contribution >= 0.6 is 0 Å². The van der Waals surface area contributed by atoms with Gasteiger partial charge in [-0.2, -0.15) is 0 Å². The van der Waals surface area contributed by atoms with E-state index < -0.39 is 10.0 Å². The van der Waals surface area contributed by atoms with E-state index in [1.54, 1.807) is 19.0 Å². The molecule has 0 spiro atoms. The number of carbonyl (C=O) groups excluding carboxylic acids is 1. The molecule has 1 aromatic carbocycles. The first-order valence-corrected chi connectivity index (χ1v) is 11.2. The summed E-state index contributed by atoms with van der Waals surface area (Å²) in [5, 5.41) is 6.43. The molecule has 1 aliphatic rings. The lowest BCUT2D eigenvalue weighted by Gasteiger charge is -2.15. The highest BCUT2D eigenvalue weighted by atomic mass is 32.2. The highest BCUT2D eigenvalue weighted by Crippen LogP contribution is 2.12. The van der Waals surface area contributed by atoms with Crippen molar-refractivity contribution < 1.29 is 13.2 Å². The van der Waals surface area contributed by atoms with E-state index in [2.05, 4.69) is 15.6 Å². The molecule has 0 aromatic heterocycles. The molecule has 1 aromatic rings. The zero-order valence-corrected chi connectivity index (χ0v) is 17.8. The van der Waals surface area contributed by atoms with Crippen molar-refractivity contribution in [3.05, 3.63) is 35.4 Å².